The van der Waals surface area contributed by atoms with Gasteiger partial charge in [0.2, 0.25) is 0 Å². The molecule has 1 atom stereocenters. The van der Waals surface area contributed by atoms with Gasteiger partial charge in [0.25, 0.3) is 0 Å². The zero-order chi connectivity index (χ0) is 53.6. The summed E-state index contributed by atoms with van der Waals surface area (Å²) in [4.78, 5) is 38.2. The molecule has 1 unspecified atom stereocenters. The number of allylic oxidation sites excluding steroid dienone is 8. The maximum atomic E-state index is 12.9. The summed E-state index contributed by atoms with van der Waals surface area (Å²) in [5.74, 6) is -0.869. The molecule has 0 saturated carbocycles. The summed E-state index contributed by atoms with van der Waals surface area (Å²) in [6.07, 6.45) is 78.5. The van der Waals surface area contributed by atoms with Crippen LogP contribution in [0.25, 0.3) is 0 Å². The van der Waals surface area contributed by atoms with Gasteiger partial charge in [0.05, 0.1) is 0 Å². The summed E-state index contributed by atoms with van der Waals surface area (Å²) >= 11 is 0. The highest BCUT2D eigenvalue weighted by Crippen LogP contribution is 2.17. The number of ether oxygens (including phenoxy) is 3. The summed E-state index contributed by atoms with van der Waals surface area (Å²) in [7, 11) is 0. The van der Waals surface area contributed by atoms with Crippen LogP contribution in [0.4, 0.5) is 0 Å². The van der Waals surface area contributed by atoms with Gasteiger partial charge in [0.1, 0.15) is 13.2 Å². The van der Waals surface area contributed by atoms with Crippen molar-refractivity contribution < 1.29 is 28.6 Å². The average Bonchev–Trinajstić information content (AvgIpc) is 3.40. The summed E-state index contributed by atoms with van der Waals surface area (Å²) in [6.45, 7) is 6.61. The van der Waals surface area contributed by atoms with Crippen molar-refractivity contribution in [2.45, 2.75) is 354 Å². The predicted octanol–water partition coefficient (Wildman–Crippen LogP) is 22.2. The lowest BCUT2D eigenvalue weighted by atomic mass is 10.0. The Morgan fingerprint density at radius 3 is 0.824 bits per heavy atom. The van der Waals surface area contributed by atoms with Crippen LogP contribution in [0.5, 0.6) is 0 Å². The van der Waals surface area contributed by atoms with E-state index in [1.165, 1.54) is 225 Å². The molecule has 0 N–H and O–H groups in total. The van der Waals surface area contributed by atoms with Crippen molar-refractivity contribution in [1.29, 1.82) is 0 Å². The highest BCUT2D eigenvalue weighted by molar-refractivity contribution is 5.71. The molecule has 0 aliphatic carbocycles. The molecule has 0 aromatic rings. The Balaban J connectivity index is 4.21. The van der Waals surface area contributed by atoms with Gasteiger partial charge < -0.3 is 14.2 Å². The largest absolute Gasteiger partial charge is 0.462 e. The monoisotopic (exact) mass is 1040 g/mol. The van der Waals surface area contributed by atoms with Crippen LogP contribution in [0.3, 0.4) is 0 Å². The van der Waals surface area contributed by atoms with E-state index in [0.29, 0.717) is 19.3 Å². The number of hydrogen-bond donors (Lipinski definition) is 0. The van der Waals surface area contributed by atoms with Crippen LogP contribution in [0.15, 0.2) is 48.6 Å². The quantitative estimate of drug-likeness (QED) is 0.0261. The maximum Gasteiger partial charge on any atom is 0.306 e. The SMILES string of the molecule is CCC/C=C\CCCCCCCC(=O)OCC(COC(=O)CCCCCCCCCCCC/C=C\C/C=C\C/C=C\CCCCCCC)OC(=O)CCCCCCCCCCCCCCCCCCCCCCC. The van der Waals surface area contributed by atoms with E-state index in [4.69, 9.17) is 14.2 Å². The molecule has 0 radical (unpaired) electrons. The first-order valence-corrected chi connectivity index (χ1v) is 32.6. The van der Waals surface area contributed by atoms with Gasteiger partial charge in [-0.2, -0.15) is 0 Å². The van der Waals surface area contributed by atoms with Crippen molar-refractivity contribution >= 4 is 17.9 Å². The van der Waals surface area contributed by atoms with Gasteiger partial charge in [-0.1, -0.05) is 301 Å². The average molecular weight is 1040 g/mol. The van der Waals surface area contributed by atoms with E-state index in [2.05, 4.69) is 69.4 Å². The van der Waals surface area contributed by atoms with E-state index in [-0.39, 0.29) is 31.1 Å². The van der Waals surface area contributed by atoms with Gasteiger partial charge in [-0.3, -0.25) is 14.4 Å². The molecule has 0 aliphatic heterocycles. The summed E-state index contributed by atoms with van der Waals surface area (Å²) in [5.41, 5.74) is 0. The van der Waals surface area contributed by atoms with E-state index in [1.54, 1.807) is 0 Å². The summed E-state index contributed by atoms with van der Waals surface area (Å²) < 4.78 is 16.9. The second kappa shape index (κ2) is 62.9. The van der Waals surface area contributed by atoms with Crippen molar-refractivity contribution in [3.05, 3.63) is 48.6 Å². The van der Waals surface area contributed by atoms with Crippen molar-refractivity contribution in [1.82, 2.24) is 0 Å². The Hall–Kier alpha value is -2.63. The van der Waals surface area contributed by atoms with Crippen molar-refractivity contribution in [3.63, 3.8) is 0 Å². The molecule has 6 heteroatoms. The fourth-order valence-corrected chi connectivity index (χ4v) is 9.63. The topological polar surface area (TPSA) is 78.9 Å². The van der Waals surface area contributed by atoms with Gasteiger partial charge in [0.15, 0.2) is 6.10 Å². The van der Waals surface area contributed by atoms with Crippen LogP contribution in [0.2, 0.25) is 0 Å². The van der Waals surface area contributed by atoms with Gasteiger partial charge >= 0.3 is 17.9 Å². The molecule has 0 saturated heterocycles. The molecule has 0 aromatic carbocycles. The van der Waals surface area contributed by atoms with E-state index < -0.39 is 6.10 Å². The van der Waals surface area contributed by atoms with Gasteiger partial charge in [-0.15, -0.1) is 0 Å². The first-order valence-electron chi connectivity index (χ1n) is 32.6. The standard InChI is InChI=1S/C68H124O6/c1-4-7-10-13-16-19-22-24-26-28-30-32-33-34-35-37-38-40-42-44-46-49-52-55-58-61-67(70)73-64-65(63-72-66(69)60-57-54-51-48-21-18-15-12-9-6-3)74-68(71)62-59-56-53-50-47-45-43-41-39-36-31-29-27-25-23-20-17-14-11-8-5-2/h12,15,22,24,28,30,33-34,65H,4-11,13-14,16-21,23,25-27,29,31-32,35-64H2,1-3H3/b15-12-,24-22-,30-28-,34-33-. The number of carbonyl (C=O) groups excluding carboxylic acids is 3. The first kappa shape index (κ1) is 71.4. The van der Waals surface area contributed by atoms with Gasteiger partial charge in [-0.25, -0.2) is 0 Å². The molecule has 0 spiro atoms. The van der Waals surface area contributed by atoms with Gasteiger partial charge in [-0.05, 0) is 77.0 Å². The van der Waals surface area contributed by atoms with Crippen LogP contribution < -0.4 is 0 Å². The third kappa shape index (κ3) is 60.2. The minimum absolute atomic E-state index is 0.0745. The zero-order valence-corrected chi connectivity index (χ0v) is 49.6. The maximum absolute atomic E-state index is 12.9. The number of unbranched alkanes of at least 4 members (excludes halogenated alkanes) is 41. The molecule has 0 aromatic heterocycles. The number of rotatable bonds is 60. The smallest absolute Gasteiger partial charge is 0.306 e. The third-order valence-corrected chi connectivity index (χ3v) is 14.5. The van der Waals surface area contributed by atoms with Crippen LogP contribution in [0, 0.1) is 0 Å². The Bertz CT molecular complexity index is 1280. The fraction of sp³-hybridized carbons (Fsp3) is 0.838. The number of esters is 3. The number of hydrogen-bond acceptors (Lipinski definition) is 6. The Morgan fingerprint density at radius 2 is 0.514 bits per heavy atom. The highest BCUT2D eigenvalue weighted by atomic mass is 16.6. The third-order valence-electron chi connectivity index (χ3n) is 14.5. The van der Waals surface area contributed by atoms with E-state index >= 15 is 0 Å². The zero-order valence-electron chi connectivity index (χ0n) is 49.6. The second-order valence-electron chi connectivity index (χ2n) is 22.0. The minimum Gasteiger partial charge on any atom is -0.462 e. The predicted molar refractivity (Wildman–Crippen MR) is 321 cm³/mol. The van der Waals surface area contributed by atoms with Crippen LogP contribution >= 0.6 is 0 Å². The van der Waals surface area contributed by atoms with Crippen LogP contribution in [0.1, 0.15) is 348 Å². The Kier molecular flexibility index (Phi) is 60.7. The molecule has 432 valence electrons. The van der Waals surface area contributed by atoms with Gasteiger partial charge in [0, 0.05) is 19.3 Å². The van der Waals surface area contributed by atoms with E-state index in [0.717, 1.165) is 83.5 Å². The molecule has 0 heterocycles. The van der Waals surface area contributed by atoms with Crippen LogP contribution in [-0.2, 0) is 28.6 Å². The molecule has 0 fully saturated rings. The molecule has 6 nitrogen and oxygen atoms in total. The van der Waals surface area contributed by atoms with E-state index in [9.17, 15) is 14.4 Å². The second-order valence-corrected chi connectivity index (χ2v) is 22.0. The number of carbonyl (C=O) groups is 3. The lowest BCUT2D eigenvalue weighted by Crippen LogP contribution is -2.30. The molecule has 0 rings (SSSR count). The molecule has 0 bridgehead atoms. The minimum atomic E-state index is -0.776. The first-order chi connectivity index (χ1) is 36.5. The lowest BCUT2D eigenvalue weighted by Gasteiger charge is -2.18. The molecule has 0 aliphatic rings. The van der Waals surface area contributed by atoms with E-state index in [1.807, 2.05) is 0 Å². The van der Waals surface area contributed by atoms with Crippen molar-refractivity contribution in [3.8, 4) is 0 Å². The summed E-state index contributed by atoms with van der Waals surface area (Å²) in [5, 5.41) is 0. The Labute approximate surface area is 460 Å². The molecule has 0 amide bonds. The molecular weight excluding hydrogens is 913 g/mol. The molecule has 74 heavy (non-hydrogen) atoms. The van der Waals surface area contributed by atoms with Crippen molar-refractivity contribution in [2.75, 3.05) is 13.2 Å². The highest BCUT2D eigenvalue weighted by Gasteiger charge is 2.19. The lowest BCUT2D eigenvalue weighted by molar-refractivity contribution is -0.167. The fourth-order valence-electron chi connectivity index (χ4n) is 9.63. The Morgan fingerprint density at radius 1 is 0.270 bits per heavy atom. The summed E-state index contributed by atoms with van der Waals surface area (Å²) in [6, 6.07) is 0. The van der Waals surface area contributed by atoms with Crippen molar-refractivity contribution in [2.24, 2.45) is 0 Å². The normalized spacial score (nSPS) is 12.3. The van der Waals surface area contributed by atoms with Crippen LogP contribution in [-0.4, -0.2) is 37.2 Å². The molecular formula is C68H124O6.